The van der Waals surface area contributed by atoms with Crippen LogP contribution < -0.4 is 5.32 Å². The Labute approximate surface area is 191 Å². The van der Waals surface area contributed by atoms with Crippen molar-refractivity contribution in [1.82, 2.24) is 15.1 Å². The minimum absolute atomic E-state index is 0.0554. The first-order valence-electron chi connectivity index (χ1n) is 12.4. The van der Waals surface area contributed by atoms with E-state index in [0.717, 1.165) is 31.5 Å². The summed E-state index contributed by atoms with van der Waals surface area (Å²) < 4.78 is 0. The maximum absolute atomic E-state index is 13.2. The predicted molar refractivity (Wildman–Crippen MR) is 123 cm³/mol. The third-order valence-corrected chi connectivity index (χ3v) is 8.67. The molecule has 0 radical (unpaired) electrons. The number of aliphatic hydroxyl groups is 1. The fourth-order valence-electron chi connectivity index (χ4n) is 7.35. The number of benzene rings is 1. The van der Waals surface area contributed by atoms with Gasteiger partial charge >= 0.3 is 0 Å². The molecule has 0 spiro atoms. The van der Waals surface area contributed by atoms with Crippen LogP contribution in [0.2, 0.25) is 0 Å². The Balaban J connectivity index is 1.15. The molecule has 32 heavy (non-hydrogen) atoms. The summed E-state index contributed by atoms with van der Waals surface area (Å²) in [6.45, 7) is 5.34. The Bertz CT molecular complexity index is 820. The van der Waals surface area contributed by atoms with Crippen molar-refractivity contribution in [3.8, 4) is 0 Å². The van der Waals surface area contributed by atoms with Gasteiger partial charge in [0.05, 0.1) is 6.10 Å². The van der Waals surface area contributed by atoms with E-state index in [4.69, 9.17) is 0 Å². The average Bonchev–Trinajstić information content (AvgIpc) is 3.15. The quantitative estimate of drug-likeness (QED) is 0.684. The maximum atomic E-state index is 13.2. The Morgan fingerprint density at radius 1 is 1.06 bits per heavy atom. The molecule has 4 aliphatic carbocycles. The first-order valence-corrected chi connectivity index (χ1v) is 12.4. The van der Waals surface area contributed by atoms with E-state index in [1.54, 1.807) is 11.8 Å². The highest BCUT2D eigenvalue weighted by Crippen LogP contribution is 2.66. The molecule has 1 heterocycles. The number of hydrogen-bond donors (Lipinski definition) is 2. The standard InChI is InChI=1S/C26H37N3O3/c1-18(30)24(27-23(31)16-26-14-20-11-21(15-26)13-22(26)12-20)25(32)29-9-7-28(8-10-29)17-19-5-3-2-4-6-19/h2-6,18,20-22,24,30H,7-17H2,1H3,(H,27,31). The lowest BCUT2D eigenvalue weighted by Gasteiger charge is -2.37. The van der Waals surface area contributed by atoms with Gasteiger partial charge in [0.25, 0.3) is 0 Å². The number of carbonyl (C=O) groups excluding carboxylic acids is 2. The highest BCUT2D eigenvalue weighted by molar-refractivity contribution is 5.88. The van der Waals surface area contributed by atoms with E-state index in [-0.39, 0.29) is 17.2 Å². The number of amides is 2. The molecule has 6 nitrogen and oxygen atoms in total. The van der Waals surface area contributed by atoms with Gasteiger partial charge < -0.3 is 15.3 Å². The highest BCUT2D eigenvalue weighted by atomic mass is 16.3. The van der Waals surface area contributed by atoms with Gasteiger partial charge in [-0.25, -0.2) is 0 Å². The monoisotopic (exact) mass is 439 g/mol. The second-order valence-corrected chi connectivity index (χ2v) is 11.0. The number of carbonyl (C=O) groups is 2. The Kier molecular flexibility index (Phi) is 6.01. The zero-order chi connectivity index (χ0) is 22.3. The second-order valence-electron chi connectivity index (χ2n) is 11.0. The molecule has 1 aromatic carbocycles. The average molecular weight is 440 g/mol. The molecule has 2 N–H and O–H groups in total. The fraction of sp³-hybridized carbons (Fsp3) is 0.692. The van der Waals surface area contributed by atoms with Crippen molar-refractivity contribution >= 4 is 11.8 Å². The SMILES string of the molecule is CC(O)C(NC(=O)CC12CC3CC(CC1C3)C2)C(=O)N1CCN(Cc2ccccc2)CC1. The molecule has 1 aliphatic heterocycles. The molecule has 174 valence electrons. The third kappa shape index (κ3) is 4.32. The van der Waals surface area contributed by atoms with Gasteiger partial charge in [-0.15, -0.1) is 0 Å². The number of hydrogen-bond acceptors (Lipinski definition) is 4. The van der Waals surface area contributed by atoms with Gasteiger partial charge in [-0.05, 0) is 67.8 Å². The fourth-order valence-corrected chi connectivity index (χ4v) is 7.35. The summed E-state index contributed by atoms with van der Waals surface area (Å²) in [4.78, 5) is 30.4. The predicted octanol–water partition coefficient (Wildman–Crippen LogP) is 2.41. The van der Waals surface area contributed by atoms with Gasteiger partial charge in [-0.2, -0.15) is 0 Å². The van der Waals surface area contributed by atoms with Crippen LogP contribution in [0.3, 0.4) is 0 Å². The molecule has 1 aromatic rings. The summed E-state index contributed by atoms with van der Waals surface area (Å²) in [6.07, 6.45) is 5.90. The van der Waals surface area contributed by atoms with Crippen molar-refractivity contribution in [2.45, 2.75) is 64.1 Å². The minimum atomic E-state index is -0.900. The van der Waals surface area contributed by atoms with Crippen LogP contribution in [0.25, 0.3) is 0 Å². The number of rotatable bonds is 7. The highest BCUT2D eigenvalue weighted by Gasteiger charge is 2.58. The molecular weight excluding hydrogens is 402 g/mol. The summed E-state index contributed by atoms with van der Waals surface area (Å²) in [7, 11) is 0. The topological polar surface area (TPSA) is 72.9 Å². The molecule has 6 rings (SSSR count). The summed E-state index contributed by atoms with van der Waals surface area (Å²) in [6, 6.07) is 9.51. The Morgan fingerprint density at radius 2 is 1.72 bits per heavy atom. The Hall–Kier alpha value is -1.92. The van der Waals surface area contributed by atoms with Crippen molar-refractivity contribution in [3.05, 3.63) is 35.9 Å². The van der Waals surface area contributed by atoms with Crippen LogP contribution >= 0.6 is 0 Å². The first-order chi connectivity index (χ1) is 15.4. The summed E-state index contributed by atoms with van der Waals surface area (Å²) >= 11 is 0. The number of aliphatic hydroxyl groups excluding tert-OH is 1. The Morgan fingerprint density at radius 3 is 2.34 bits per heavy atom. The number of nitrogens with one attached hydrogen (secondary N) is 1. The molecule has 6 heteroatoms. The smallest absolute Gasteiger partial charge is 0.247 e. The lowest BCUT2D eigenvalue weighted by molar-refractivity contribution is -0.141. The minimum Gasteiger partial charge on any atom is -0.391 e. The lowest BCUT2D eigenvalue weighted by Crippen LogP contribution is -2.58. The van der Waals surface area contributed by atoms with E-state index in [1.165, 1.54) is 37.7 Å². The molecule has 0 aromatic heterocycles. The number of piperazine rings is 1. The van der Waals surface area contributed by atoms with Gasteiger partial charge in [0, 0.05) is 39.1 Å². The summed E-state index contributed by atoms with van der Waals surface area (Å²) in [5.74, 6) is 2.10. The molecule has 5 aliphatic rings. The zero-order valence-corrected chi connectivity index (χ0v) is 19.2. The van der Waals surface area contributed by atoms with Crippen LogP contribution in [-0.4, -0.2) is 65.0 Å². The van der Waals surface area contributed by atoms with Gasteiger partial charge in [0.15, 0.2) is 0 Å². The summed E-state index contributed by atoms with van der Waals surface area (Å²) in [5.41, 5.74) is 1.43. The first kappa shape index (κ1) is 21.9. The van der Waals surface area contributed by atoms with E-state index in [2.05, 4.69) is 22.3 Å². The number of nitrogens with zero attached hydrogens (tertiary/aromatic N) is 2. The van der Waals surface area contributed by atoms with Crippen LogP contribution in [0.1, 0.15) is 51.0 Å². The van der Waals surface area contributed by atoms with Gasteiger partial charge in [-0.3, -0.25) is 14.5 Å². The van der Waals surface area contributed by atoms with E-state index in [0.29, 0.717) is 25.4 Å². The molecule has 4 bridgehead atoms. The van der Waals surface area contributed by atoms with E-state index >= 15 is 0 Å². The zero-order valence-electron chi connectivity index (χ0n) is 19.2. The molecule has 5 fully saturated rings. The second kappa shape index (κ2) is 8.79. The van der Waals surface area contributed by atoms with Gasteiger partial charge in [-0.1, -0.05) is 30.3 Å². The maximum Gasteiger partial charge on any atom is 0.247 e. The normalized spacial score (nSPS) is 33.3. The third-order valence-electron chi connectivity index (χ3n) is 8.67. The van der Waals surface area contributed by atoms with Gasteiger partial charge in [0.2, 0.25) is 11.8 Å². The molecule has 1 saturated heterocycles. The van der Waals surface area contributed by atoms with Crippen LogP contribution in [0, 0.1) is 23.2 Å². The van der Waals surface area contributed by atoms with Crippen LogP contribution in [-0.2, 0) is 16.1 Å². The molecule has 2 amide bonds. The van der Waals surface area contributed by atoms with Crippen molar-refractivity contribution in [1.29, 1.82) is 0 Å². The lowest BCUT2D eigenvalue weighted by atomic mass is 9.73. The van der Waals surface area contributed by atoms with Crippen molar-refractivity contribution < 1.29 is 14.7 Å². The molecular formula is C26H37N3O3. The molecule has 4 saturated carbocycles. The van der Waals surface area contributed by atoms with Gasteiger partial charge in [0.1, 0.15) is 6.04 Å². The van der Waals surface area contributed by atoms with E-state index < -0.39 is 12.1 Å². The van der Waals surface area contributed by atoms with Crippen molar-refractivity contribution in [2.24, 2.45) is 23.2 Å². The van der Waals surface area contributed by atoms with Crippen LogP contribution in [0.15, 0.2) is 30.3 Å². The van der Waals surface area contributed by atoms with E-state index in [1.807, 2.05) is 18.2 Å². The summed E-state index contributed by atoms with van der Waals surface area (Å²) in [5, 5.41) is 13.3. The van der Waals surface area contributed by atoms with Crippen molar-refractivity contribution in [3.63, 3.8) is 0 Å². The van der Waals surface area contributed by atoms with Crippen LogP contribution in [0.5, 0.6) is 0 Å². The molecule has 4 atom stereocenters. The van der Waals surface area contributed by atoms with E-state index in [9.17, 15) is 14.7 Å². The van der Waals surface area contributed by atoms with Crippen LogP contribution in [0.4, 0.5) is 0 Å². The molecule has 4 unspecified atom stereocenters. The van der Waals surface area contributed by atoms with Crippen molar-refractivity contribution in [2.75, 3.05) is 26.2 Å². The largest absolute Gasteiger partial charge is 0.391 e.